The van der Waals surface area contributed by atoms with Crippen molar-refractivity contribution < 1.29 is 14.0 Å². The maximum atomic E-state index is 13.6. The average molecular weight is 396 g/mol. The van der Waals surface area contributed by atoms with Crippen molar-refractivity contribution >= 4 is 23.3 Å². The fraction of sp³-hybridized carbons (Fsp3) is 0.200. The number of hydrogen-bond donors (Lipinski definition) is 3. The number of urea groups is 1. The molecule has 0 bridgehead atoms. The molecular formula is C20H21FN6O2. The Balaban J connectivity index is 1.48. The third-order valence-corrected chi connectivity index (χ3v) is 4.13. The minimum absolute atomic E-state index is 0.0908. The second-order valence-electron chi connectivity index (χ2n) is 6.20. The Hall–Kier alpha value is -3.75. The number of para-hydroxylation sites is 1. The molecule has 1 aromatic heterocycles. The van der Waals surface area contributed by atoms with E-state index in [2.05, 4.69) is 26.0 Å². The second kappa shape index (κ2) is 9.45. The zero-order chi connectivity index (χ0) is 20.6. The molecule has 0 aliphatic carbocycles. The van der Waals surface area contributed by atoms with E-state index >= 15 is 0 Å². The van der Waals surface area contributed by atoms with Crippen molar-refractivity contribution in [2.45, 2.75) is 26.4 Å². The van der Waals surface area contributed by atoms with E-state index in [-0.39, 0.29) is 30.6 Å². The van der Waals surface area contributed by atoms with Gasteiger partial charge < -0.3 is 16.0 Å². The van der Waals surface area contributed by atoms with Crippen molar-refractivity contribution in [3.8, 4) is 0 Å². The minimum atomic E-state index is -0.483. The first-order valence-corrected chi connectivity index (χ1v) is 9.10. The summed E-state index contributed by atoms with van der Waals surface area (Å²) in [6.07, 6.45) is 1.53. The Bertz CT molecular complexity index is 987. The van der Waals surface area contributed by atoms with Crippen molar-refractivity contribution in [1.29, 1.82) is 0 Å². The van der Waals surface area contributed by atoms with Crippen LogP contribution in [0.5, 0.6) is 0 Å². The van der Waals surface area contributed by atoms with Gasteiger partial charge in [0.2, 0.25) is 5.91 Å². The number of aromatic nitrogens is 3. The van der Waals surface area contributed by atoms with Gasteiger partial charge in [0.05, 0.1) is 18.7 Å². The van der Waals surface area contributed by atoms with Crippen LogP contribution >= 0.6 is 0 Å². The third kappa shape index (κ3) is 5.61. The Morgan fingerprint density at radius 1 is 1.07 bits per heavy atom. The highest BCUT2D eigenvalue weighted by Gasteiger charge is 2.09. The van der Waals surface area contributed by atoms with E-state index < -0.39 is 5.82 Å². The fourth-order valence-electron chi connectivity index (χ4n) is 2.67. The number of rotatable bonds is 7. The van der Waals surface area contributed by atoms with Crippen LogP contribution in [0.1, 0.15) is 18.3 Å². The van der Waals surface area contributed by atoms with Crippen LogP contribution in [0.25, 0.3) is 0 Å². The summed E-state index contributed by atoms with van der Waals surface area (Å²) in [5.41, 5.74) is 1.46. The maximum absolute atomic E-state index is 13.6. The van der Waals surface area contributed by atoms with Crippen molar-refractivity contribution in [2.75, 3.05) is 10.6 Å². The summed E-state index contributed by atoms with van der Waals surface area (Å²) in [6, 6.07) is 12.5. The molecular weight excluding hydrogens is 375 g/mol. The highest BCUT2D eigenvalue weighted by atomic mass is 19.1. The monoisotopic (exact) mass is 396 g/mol. The fourth-order valence-corrected chi connectivity index (χ4v) is 2.67. The predicted molar refractivity (Wildman–Crippen MR) is 107 cm³/mol. The van der Waals surface area contributed by atoms with E-state index in [9.17, 15) is 14.0 Å². The van der Waals surface area contributed by atoms with E-state index in [1.165, 1.54) is 18.5 Å². The van der Waals surface area contributed by atoms with Crippen LogP contribution in [0.3, 0.4) is 0 Å². The van der Waals surface area contributed by atoms with E-state index in [1.54, 1.807) is 41.1 Å². The van der Waals surface area contributed by atoms with Gasteiger partial charge in [-0.05, 0) is 36.8 Å². The van der Waals surface area contributed by atoms with Gasteiger partial charge in [-0.2, -0.15) is 5.10 Å². The molecule has 3 aromatic rings. The van der Waals surface area contributed by atoms with Gasteiger partial charge in [0, 0.05) is 12.2 Å². The third-order valence-electron chi connectivity index (χ3n) is 4.13. The number of aryl methyl sites for hydroxylation is 1. The minimum Gasteiger partial charge on any atom is -0.331 e. The molecule has 0 spiro atoms. The van der Waals surface area contributed by atoms with E-state index in [0.717, 1.165) is 5.56 Å². The number of amides is 3. The Kier molecular flexibility index (Phi) is 6.51. The standard InChI is InChI=1S/C20H21FN6O2/c1-2-27-18(23-13-24-27)12-22-20(29)25-15-9-7-14(8-10-15)11-19(28)26-17-6-4-3-5-16(17)21/h3-10,13H,2,11-12H2,1H3,(H,26,28)(H2,22,25,29). The topological polar surface area (TPSA) is 101 Å². The molecule has 3 rings (SSSR count). The molecule has 150 valence electrons. The molecule has 3 amide bonds. The molecule has 8 nitrogen and oxygen atoms in total. The molecule has 29 heavy (non-hydrogen) atoms. The van der Waals surface area contributed by atoms with Gasteiger partial charge in [-0.15, -0.1) is 0 Å². The van der Waals surface area contributed by atoms with Crippen molar-refractivity contribution in [3.63, 3.8) is 0 Å². The first-order valence-electron chi connectivity index (χ1n) is 9.10. The maximum Gasteiger partial charge on any atom is 0.319 e. The Labute approximate surface area is 167 Å². The zero-order valence-electron chi connectivity index (χ0n) is 15.9. The largest absolute Gasteiger partial charge is 0.331 e. The molecule has 0 saturated carbocycles. The molecule has 0 unspecified atom stereocenters. The van der Waals surface area contributed by atoms with Gasteiger partial charge in [-0.1, -0.05) is 24.3 Å². The number of nitrogens with zero attached hydrogens (tertiary/aromatic N) is 3. The molecule has 9 heteroatoms. The van der Waals surface area contributed by atoms with Crippen LogP contribution in [0.2, 0.25) is 0 Å². The SMILES string of the molecule is CCn1ncnc1CNC(=O)Nc1ccc(CC(=O)Nc2ccccc2F)cc1. The van der Waals surface area contributed by atoms with Crippen LogP contribution in [-0.2, 0) is 24.3 Å². The summed E-state index contributed by atoms with van der Waals surface area (Å²) >= 11 is 0. The smallest absolute Gasteiger partial charge is 0.319 e. The quantitative estimate of drug-likeness (QED) is 0.572. The molecule has 0 aliphatic heterocycles. The lowest BCUT2D eigenvalue weighted by Gasteiger charge is -2.09. The summed E-state index contributed by atoms with van der Waals surface area (Å²) in [6.45, 7) is 2.87. The highest BCUT2D eigenvalue weighted by molar-refractivity contribution is 5.92. The van der Waals surface area contributed by atoms with Crippen molar-refractivity contribution in [3.05, 3.63) is 72.1 Å². The van der Waals surface area contributed by atoms with Crippen molar-refractivity contribution in [2.24, 2.45) is 0 Å². The molecule has 0 atom stereocenters. The lowest BCUT2D eigenvalue weighted by atomic mass is 10.1. The van der Waals surface area contributed by atoms with Crippen molar-refractivity contribution in [1.82, 2.24) is 20.1 Å². The molecule has 0 fully saturated rings. The van der Waals surface area contributed by atoms with Crippen LogP contribution in [0, 0.1) is 5.82 Å². The van der Waals surface area contributed by atoms with Gasteiger partial charge in [0.1, 0.15) is 18.0 Å². The zero-order valence-corrected chi connectivity index (χ0v) is 15.9. The molecule has 0 saturated heterocycles. The van der Waals surface area contributed by atoms with Gasteiger partial charge in [0.25, 0.3) is 0 Å². The average Bonchev–Trinajstić information content (AvgIpc) is 3.17. The first kappa shape index (κ1) is 20.0. The van der Waals surface area contributed by atoms with E-state index in [0.29, 0.717) is 18.1 Å². The lowest BCUT2D eigenvalue weighted by molar-refractivity contribution is -0.115. The molecule has 3 N–H and O–H groups in total. The second-order valence-corrected chi connectivity index (χ2v) is 6.20. The van der Waals surface area contributed by atoms with Gasteiger partial charge in [-0.3, -0.25) is 4.79 Å². The Morgan fingerprint density at radius 2 is 1.83 bits per heavy atom. The van der Waals surface area contributed by atoms with E-state index in [4.69, 9.17) is 0 Å². The van der Waals surface area contributed by atoms with Crippen LogP contribution in [0.4, 0.5) is 20.6 Å². The highest BCUT2D eigenvalue weighted by Crippen LogP contribution is 2.14. The number of carbonyl (C=O) groups excluding carboxylic acids is 2. The van der Waals surface area contributed by atoms with Gasteiger partial charge in [0.15, 0.2) is 0 Å². The summed E-state index contributed by atoms with van der Waals surface area (Å²) < 4.78 is 15.3. The number of halogens is 1. The van der Waals surface area contributed by atoms with Crippen LogP contribution < -0.4 is 16.0 Å². The predicted octanol–water partition coefficient (Wildman–Crippen LogP) is 2.94. The number of hydrogen-bond acceptors (Lipinski definition) is 4. The number of anilines is 2. The molecule has 2 aromatic carbocycles. The first-order chi connectivity index (χ1) is 14.0. The summed E-state index contributed by atoms with van der Waals surface area (Å²) in [7, 11) is 0. The van der Waals surface area contributed by atoms with Gasteiger partial charge in [-0.25, -0.2) is 18.9 Å². The van der Waals surface area contributed by atoms with Crippen LogP contribution in [-0.4, -0.2) is 26.7 Å². The van der Waals surface area contributed by atoms with E-state index in [1.807, 2.05) is 6.92 Å². The summed E-state index contributed by atoms with van der Waals surface area (Å²) in [4.78, 5) is 28.2. The normalized spacial score (nSPS) is 10.4. The summed E-state index contributed by atoms with van der Waals surface area (Å²) in [5.74, 6) is -0.143. The Morgan fingerprint density at radius 3 is 2.55 bits per heavy atom. The molecule has 0 aliphatic rings. The number of nitrogens with one attached hydrogen (secondary N) is 3. The number of benzene rings is 2. The molecule has 1 heterocycles. The van der Waals surface area contributed by atoms with Gasteiger partial charge >= 0.3 is 6.03 Å². The lowest BCUT2D eigenvalue weighted by Crippen LogP contribution is -2.29. The number of carbonyl (C=O) groups is 2. The van der Waals surface area contributed by atoms with Crippen LogP contribution in [0.15, 0.2) is 54.9 Å². The molecule has 0 radical (unpaired) electrons. The summed E-state index contributed by atoms with van der Waals surface area (Å²) in [5, 5.41) is 12.0.